The molecule has 6 heteroatoms. The summed E-state index contributed by atoms with van der Waals surface area (Å²) in [5.74, 6) is 0.453. The molecular weight excluding hydrogens is 418 g/mol. The Morgan fingerprint density at radius 1 is 1.04 bits per heavy atom. The zero-order valence-electron chi connectivity index (χ0n) is 14.0. The maximum Gasteiger partial charge on any atom is 0.191 e. The second-order valence-corrected chi connectivity index (χ2v) is 5.20. The number of nitrogens with one attached hydrogen (secondary N) is 2. The number of nitrogens with zero attached hydrogens (tertiary/aromatic N) is 2. The Bertz CT molecular complexity index is 634. The Morgan fingerprint density at radius 3 is 2.38 bits per heavy atom. The summed E-state index contributed by atoms with van der Waals surface area (Å²) in [5, 5.41) is 6.35. The Balaban J connectivity index is 0.00000288. The second kappa shape index (κ2) is 10.9. The van der Waals surface area contributed by atoms with E-state index in [0.717, 1.165) is 13.1 Å². The summed E-state index contributed by atoms with van der Waals surface area (Å²) in [6.45, 7) is 1.98. The topological polar surface area (TPSA) is 39.7 Å². The van der Waals surface area contributed by atoms with Gasteiger partial charge in [-0.1, -0.05) is 36.4 Å². The van der Waals surface area contributed by atoms with Crippen molar-refractivity contribution in [1.29, 1.82) is 0 Å². The van der Waals surface area contributed by atoms with Crippen molar-refractivity contribution in [2.45, 2.75) is 6.54 Å². The molecule has 2 N–H and O–H groups in total. The highest BCUT2D eigenvalue weighted by molar-refractivity contribution is 14.0. The standard InChI is InChI=1S/C18H23FN4.HI/c1-20-18(22-14-15-8-6-7-11-17(15)19)21-12-13-23(2)16-9-4-3-5-10-16;/h3-11H,12-14H2,1-2H3,(H2,20,21,22);1H. The van der Waals surface area contributed by atoms with Gasteiger partial charge in [0.2, 0.25) is 0 Å². The first-order chi connectivity index (χ1) is 11.2. The molecule has 0 atom stereocenters. The van der Waals surface area contributed by atoms with Gasteiger partial charge in [-0.15, -0.1) is 24.0 Å². The molecule has 0 spiro atoms. The van der Waals surface area contributed by atoms with E-state index in [1.54, 1.807) is 19.2 Å². The molecule has 2 aromatic carbocycles. The van der Waals surface area contributed by atoms with E-state index < -0.39 is 0 Å². The van der Waals surface area contributed by atoms with Gasteiger partial charge in [0.25, 0.3) is 0 Å². The van der Waals surface area contributed by atoms with Gasteiger partial charge in [0, 0.05) is 45.0 Å². The molecule has 0 aliphatic heterocycles. The monoisotopic (exact) mass is 442 g/mol. The SMILES string of the molecule is CN=C(NCCN(C)c1ccccc1)NCc1ccccc1F.I. The smallest absolute Gasteiger partial charge is 0.191 e. The van der Waals surface area contributed by atoms with Crippen LogP contribution >= 0.6 is 24.0 Å². The summed E-state index contributed by atoms with van der Waals surface area (Å²) in [4.78, 5) is 6.32. The Morgan fingerprint density at radius 2 is 1.71 bits per heavy atom. The number of hydrogen-bond donors (Lipinski definition) is 2. The molecule has 130 valence electrons. The van der Waals surface area contributed by atoms with Gasteiger partial charge >= 0.3 is 0 Å². The predicted octanol–water partition coefficient (Wildman–Crippen LogP) is 3.25. The largest absolute Gasteiger partial charge is 0.373 e. The maximum absolute atomic E-state index is 13.6. The average molecular weight is 442 g/mol. The van der Waals surface area contributed by atoms with Gasteiger partial charge in [0.05, 0.1) is 0 Å². The lowest BCUT2D eigenvalue weighted by atomic mass is 10.2. The second-order valence-electron chi connectivity index (χ2n) is 5.20. The van der Waals surface area contributed by atoms with Crippen LogP contribution in [0.5, 0.6) is 0 Å². The van der Waals surface area contributed by atoms with Gasteiger partial charge in [-0.3, -0.25) is 4.99 Å². The first-order valence-corrected chi connectivity index (χ1v) is 7.65. The van der Waals surface area contributed by atoms with E-state index >= 15 is 0 Å². The third-order valence-electron chi connectivity index (χ3n) is 3.56. The van der Waals surface area contributed by atoms with Crippen LogP contribution in [0.4, 0.5) is 10.1 Å². The fraction of sp³-hybridized carbons (Fsp3) is 0.278. The van der Waals surface area contributed by atoms with Gasteiger partial charge in [0.1, 0.15) is 5.82 Å². The van der Waals surface area contributed by atoms with Gasteiger partial charge in [-0.05, 0) is 18.2 Å². The highest BCUT2D eigenvalue weighted by Crippen LogP contribution is 2.09. The van der Waals surface area contributed by atoms with Gasteiger partial charge in [-0.25, -0.2) is 4.39 Å². The number of para-hydroxylation sites is 1. The number of halogens is 2. The lowest BCUT2D eigenvalue weighted by Crippen LogP contribution is -2.40. The van der Waals surface area contributed by atoms with E-state index in [1.807, 2.05) is 31.3 Å². The van der Waals surface area contributed by atoms with E-state index in [9.17, 15) is 4.39 Å². The van der Waals surface area contributed by atoms with Gasteiger partial charge in [0.15, 0.2) is 5.96 Å². The molecule has 2 rings (SSSR count). The number of anilines is 1. The number of likely N-dealkylation sites (N-methyl/N-ethyl adjacent to an activating group) is 1. The lowest BCUT2D eigenvalue weighted by Gasteiger charge is -2.20. The molecule has 24 heavy (non-hydrogen) atoms. The molecule has 0 saturated heterocycles. The van der Waals surface area contributed by atoms with Crippen molar-refractivity contribution in [2.75, 3.05) is 32.1 Å². The number of aliphatic imine (C=N–C) groups is 1. The molecule has 2 aromatic rings. The third kappa shape index (κ3) is 6.35. The summed E-state index contributed by atoms with van der Waals surface area (Å²) in [6.07, 6.45) is 0. The molecule has 0 heterocycles. The highest BCUT2D eigenvalue weighted by Gasteiger charge is 2.03. The zero-order valence-corrected chi connectivity index (χ0v) is 16.3. The fourth-order valence-corrected chi connectivity index (χ4v) is 2.19. The molecule has 0 radical (unpaired) electrons. The van der Waals surface area contributed by atoms with Crippen LogP contribution in [0.25, 0.3) is 0 Å². The van der Waals surface area contributed by atoms with Crippen LogP contribution in [0.15, 0.2) is 59.6 Å². The van der Waals surface area contributed by atoms with Crippen LogP contribution in [0.3, 0.4) is 0 Å². The molecule has 0 saturated carbocycles. The van der Waals surface area contributed by atoms with Gasteiger partial charge in [-0.2, -0.15) is 0 Å². The number of guanidine groups is 1. The van der Waals surface area contributed by atoms with Crippen molar-refractivity contribution >= 4 is 35.6 Å². The number of hydrogen-bond acceptors (Lipinski definition) is 2. The van der Waals surface area contributed by atoms with Crippen molar-refractivity contribution in [3.8, 4) is 0 Å². The minimum atomic E-state index is -0.209. The fourth-order valence-electron chi connectivity index (χ4n) is 2.19. The molecule has 4 nitrogen and oxygen atoms in total. The number of benzene rings is 2. The summed E-state index contributed by atoms with van der Waals surface area (Å²) in [7, 11) is 3.75. The third-order valence-corrected chi connectivity index (χ3v) is 3.56. The summed E-state index contributed by atoms with van der Waals surface area (Å²) in [6, 6.07) is 16.9. The summed E-state index contributed by atoms with van der Waals surface area (Å²) < 4.78 is 13.6. The van der Waals surface area contributed by atoms with E-state index in [2.05, 4.69) is 32.7 Å². The predicted molar refractivity (Wildman–Crippen MR) is 110 cm³/mol. The van der Waals surface area contributed by atoms with Gasteiger partial charge < -0.3 is 15.5 Å². The summed E-state index contributed by atoms with van der Waals surface area (Å²) >= 11 is 0. The van der Waals surface area contributed by atoms with Crippen LogP contribution in [0.1, 0.15) is 5.56 Å². The van der Waals surface area contributed by atoms with Crippen LogP contribution in [0.2, 0.25) is 0 Å². The lowest BCUT2D eigenvalue weighted by molar-refractivity contribution is 0.604. The molecular formula is C18H24FIN4. The van der Waals surface area contributed by atoms with Crippen molar-refractivity contribution in [2.24, 2.45) is 4.99 Å². The molecule has 0 amide bonds. The van der Waals surface area contributed by atoms with Crippen molar-refractivity contribution in [1.82, 2.24) is 10.6 Å². The van der Waals surface area contributed by atoms with E-state index in [0.29, 0.717) is 18.1 Å². The van der Waals surface area contributed by atoms with Crippen molar-refractivity contribution in [3.05, 3.63) is 66.0 Å². The highest BCUT2D eigenvalue weighted by atomic mass is 127. The molecule has 0 aliphatic carbocycles. The Hall–Kier alpha value is -1.83. The maximum atomic E-state index is 13.6. The summed E-state index contributed by atoms with van der Waals surface area (Å²) in [5.41, 5.74) is 1.79. The van der Waals surface area contributed by atoms with E-state index in [4.69, 9.17) is 0 Å². The van der Waals surface area contributed by atoms with E-state index in [1.165, 1.54) is 11.8 Å². The number of rotatable bonds is 6. The van der Waals surface area contributed by atoms with Crippen LogP contribution in [-0.2, 0) is 6.54 Å². The minimum absolute atomic E-state index is 0. The van der Waals surface area contributed by atoms with Crippen molar-refractivity contribution in [3.63, 3.8) is 0 Å². The quantitative estimate of drug-likeness (QED) is 0.410. The van der Waals surface area contributed by atoms with Crippen LogP contribution in [0, 0.1) is 5.82 Å². The minimum Gasteiger partial charge on any atom is -0.373 e. The Kier molecular flexibility index (Phi) is 9.14. The average Bonchev–Trinajstić information content (AvgIpc) is 2.59. The molecule has 0 fully saturated rings. The molecule has 0 aromatic heterocycles. The zero-order chi connectivity index (χ0) is 16.5. The van der Waals surface area contributed by atoms with Crippen molar-refractivity contribution < 1.29 is 4.39 Å². The molecule has 0 unspecified atom stereocenters. The first-order valence-electron chi connectivity index (χ1n) is 7.65. The first kappa shape index (κ1) is 20.2. The normalized spacial score (nSPS) is 10.7. The van der Waals surface area contributed by atoms with Crippen LogP contribution in [-0.4, -0.2) is 33.1 Å². The Labute approximate surface area is 160 Å². The molecule has 0 aliphatic rings. The van der Waals surface area contributed by atoms with E-state index in [-0.39, 0.29) is 29.8 Å². The van der Waals surface area contributed by atoms with Crippen LogP contribution < -0.4 is 15.5 Å². The molecule has 0 bridgehead atoms.